The highest BCUT2D eigenvalue weighted by Crippen LogP contribution is 2.07. The number of nitrogens with zero attached hydrogens (tertiary/aromatic N) is 2. The summed E-state index contributed by atoms with van der Waals surface area (Å²) in [6.07, 6.45) is 5.37. The van der Waals surface area contributed by atoms with Crippen molar-refractivity contribution in [2.75, 3.05) is 0 Å². The number of aryl methyl sites for hydroxylation is 2. The molecule has 1 aromatic heterocycles. The molecule has 0 amide bonds. The maximum Gasteiger partial charge on any atom is 0.328 e. The van der Waals surface area contributed by atoms with Gasteiger partial charge in [-0.25, -0.2) is 9.18 Å². The minimum absolute atomic E-state index is 0.0314. The summed E-state index contributed by atoms with van der Waals surface area (Å²) in [5.41, 5.74) is 0.471. The van der Waals surface area contributed by atoms with Crippen molar-refractivity contribution in [3.05, 3.63) is 58.5 Å². The Hall–Kier alpha value is -2.17. The molecule has 0 unspecified atom stereocenters. The van der Waals surface area contributed by atoms with Crippen molar-refractivity contribution < 1.29 is 9.18 Å². The number of aromatic nitrogens is 2. The molecule has 0 radical (unpaired) electrons. The normalized spacial score (nSPS) is 10.8. The van der Waals surface area contributed by atoms with Gasteiger partial charge in [-0.15, -0.1) is 0 Å². The van der Waals surface area contributed by atoms with Crippen molar-refractivity contribution in [3.8, 4) is 0 Å². The second-order valence-electron chi connectivity index (χ2n) is 5.00. The summed E-state index contributed by atoms with van der Waals surface area (Å²) < 4.78 is 16.1. The Morgan fingerprint density at radius 3 is 2.33 bits per heavy atom. The van der Waals surface area contributed by atoms with Crippen molar-refractivity contribution >= 4 is 5.78 Å². The Labute approximate surface area is 122 Å². The zero-order chi connectivity index (χ0) is 15.2. The topological polar surface area (TPSA) is 44.0 Å². The number of carbonyl (C=O) groups excluding carboxylic acids is 1. The smallest absolute Gasteiger partial charge is 0.299 e. The van der Waals surface area contributed by atoms with E-state index in [1.165, 1.54) is 24.3 Å². The van der Waals surface area contributed by atoms with Gasteiger partial charge in [0.25, 0.3) is 0 Å². The lowest BCUT2D eigenvalue weighted by atomic mass is 10.1. The molecule has 21 heavy (non-hydrogen) atoms. The summed E-state index contributed by atoms with van der Waals surface area (Å²) in [6.45, 7) is 3.24. The van der Waals surface area contributed by atoms with Crippen LogP contribution in [-0.2, 0) is 13.1 Å². The van der Waals surface area contributed by atoms with Gasteiger partial charge in [0.2, 0.25) is 0 Å². The molecule has 1 heterocycles. The van der Waals surface area contributed by atoms with Crippen LogP contribution < -0.4 is 5.69 Å². The Morgan fingerprint density at radius 2 is 1.71 bits per heavy atom. The molecule has 0 fully saturated rings. The second-order valence-corrected chi connectivity index (χ2v) is 5.00. The molecule has 0 saturated heterocycles. The van der Waals surface area contributed by atoms with Gasteiger partial charge in [-0.2, -0.15) is 0 Å². The molecule has 0 aliphatic rings. The zero-order valence-electron chi connectivity index (χ0n) is 12.1. The van der Waals surface area contributed by atoms with Gasteiger partial charge in [0.05, 0.1) is 0 Å². The summed E-state index contributed by atoms with van der Waals surface area (Å²) in [4.78, 5) is 23.9. The lowest BCUT2D eigenvalue weighted by Gasteiger charge is -2.03. The number of hydrogen-bond acceptors (Lipinski definition) is 2. The summed E-state index contributed by atoms with van der Waals surface area (Å²) in [5.74, 6) is -0.383. The fourth-order valence-corrected chi connectivity index (χ4v) is 2.22. The first-order valence-electron chi connectivity index (χ1n) is 7.16. The lowest BCUT2D eigenvalue weighted by Crippen LogP contribution is -2.24. The monoisotopic (exact) mass is 290 g/mol. The number of Topliss-reactive ketones (excluding diaryl/α,β-unsaturated/α-hetero) is 1. The van der Waals surface area contributed by atoms with Crippen molar-refractivity contribution in [2.24, 2.45) is 0 Å². The maximum absolute atomic E-state index is 12.8. The van der Waals surface area contributed by atoms with Crippen molar-refractivity contribution in [3.63, 3.8) is 0 Å². The van der Waals surface area contributed by atoms with Gasteiger partial charge in [-0.1, -0.05) is 6.92 Å². The molecule has 5 heteroatoms. The number of carbonyl (C=O) groups is 1. The number of ketones is 1. The quantitative estimate of drug-likeness (QED) is 0.736. The van der Waals surface area contributed by atoms with Crippen molar-refractivity contribution in [1.82, 2.24) is 9.13 Å². The van der Waals surface area contributed by atoms with Crippen LogP contribution in [0.5, 0.6) is 0 Å². The molecule has 0 aliphatic heterocycles. The Kier molecular flexibility index (Phi) is 5.09. The molecule has 0 bridgehead atoms. The van der Waals surface area contributed by atoms with Gasteiger partial charge in [-0.05, 0) is 37.1 Å². The van der Waals surface area contributed by atoms with E-state index in [1.54, 1.807) is 21.5 Å². The largest absolute Gasteiger partial charge is 0.328 e. The number of benzene rings is 1. The fourth-order valence-electron chi connectivity index (χ4n) is 2.22. The molecule has 0 saturated carbocycles. The highest BCUT2D eigenvalue weighted by atomic mass is 19.1. The number of imidazole rings is 1. The van der Waals surface area contributed by atoms with E-state index in [-0.39, 0.29) is 17.3 Å². The first-order valence-corrected chi connectivity index (χ1v) is 7.16. The van der Waals surface area contributed by atoms with E-state index in [0.29, 0.717) is 31.5 Å². The molecule has 0 N–H and O–H groups in total. The molecule has 2 aromatic rings. The first kappa shape index (κ1) is 15.2. The lowest BCUT2D eigenvalue weighted by molar-refractivity contribution is 0.0978. The van der Waals surface area contributed by atoms with Gasteiger partial charge >= 0.3 is 5.69 Å². The van der Waals surface area contributed by atoms with Gasteiger partial charge in [0.1, 0.15) is 5.82 Å². The summed E-state index contributed by atoms with van der Waals surface area (Å²) in [6, 6.07) is 5.54. The van der Waals surface area contributed by atoms with Gasteiger partial charge < -0.3 is 0 Å². The van der Waals surface area contributed by atoms with Crippen LogP contribution >= 0.6 is 0 Å². The third-order valence-corrected chi connectivity index (χ3v) is 3.35. The Balaban J connectivity index is 1.88. The minimum atomic E-state index is -0.352. The Bertz CT molecular complexity index is 656. The van der Waals surface area contributed by atoms with E-state index in [1.807, 2.05) is 6.92 Å². The maximum atomic E-state index is 12.8. The van der Waals surface area contributed by atoms with E-state index in [2.05, 4.69) is 0 Å². The molecule has 0 spiro atoms. The molecular weight excluding hydrogens is 271 g/mol. The van der Waals surface area contributed by atoms with Gasteiger partial charge in [0, 0.05) is 37.5 Å². The first-order chi connectivity index (χ1) is 10.1. The Morgan fingerprint density at radius 1 is 1.10 bits per heavy atom. The number of rotatable bonds is 7. The average molecular weight is 290 g/mol. The minimum Gasteiger partial charge on any atom is -0.299 e. The summed E-state index contributed by atoms with van der Waals surface area (Å²) in [5, 5.41) is 0. The number of hydrogen-bond donors (Lipinski definition) is 0. The summed E-state index contributed by atoms with van der Waals surface area (Å²) >= 11 is 0. The molecule has 2 rings (SSSR count). The van der Waals surface area contributed by atoms with Crippen LogP contribution in [0.2, 0.25) is 0 Å². The zero-order valence-corrected chi connectivity index (χ0v) is 12.1. The second kappa shape index (κ2) is 7.02. The van der Waals surface area contributed by atoms with E-state index in [9.17, 15) is 14.0 Å². The molecule has 112 valence electrons. The van der Waals surface area contributed by atoms with E-state index < -0.39 is 0 Å². The highest BCUT2D eigenvalue weighted by Gasteiger charge is 2.07. The van der Waals surface area contributed by atoms with Gasteiger partial charge in [0.15, 0.2) is 5.78 Å². The van der Waals surface area contributed by atoms with E-state index in [0.717, 1.165) is 6.42 Å². The van der Waals surface area contributed by atoms with Crippen LogP contribution in [0.15, 0.2) is 41.5 Å². The molecular formula is C16H19FN2O2. The SMILES string of the molecule is CCCn1ccn(CCCC(=O)c2ccc(F)cc2)c1=O. The predicted molar refractivity (Wildman–Crippen MR) is 78.9 cm³/mol. The third-order valence-electron chi connectivity index (χ3n) is 3.35. The third kappa shape index (κ3) is 3.90. The van der Waals surface area contributed by atoms with Crippen LogP contribution in [-0.4, -0.2) is 14.9 Å². The molecule has 4 nitrogen and oxygen atoms in total. The van der Waals surface area contributed by atoms with Crippen LogP contribution in [0.1, 0.15) is 36.5 Å². The predicted octanol–water partition coefficient (Wildman–Crippen LogP) is 2.86. The molecule has 1 aromatic carbocycles. The number of halogens is 1. The average Bonchev–Trinajstić information content (AvgIpc) is 2.81. The molecule has 0 aliphatic carbocycles. The van der Waals surface area contributed by atoms with Crippen LogP contribution in [0.4, 0.5) is 4.39 Å². The fraction of sp³-hybridized carbons (Fsp3) is 0.375. The van der Waals surface area contributed by atoms with Gasteiger partial charge in [-0.3, -0.25) is 13.9 Å². The van der Waals surface area contributed by atoms with Crippen LogP contribution in [0.3, 0.4) is 0 Å². The van der Waals surface area contributed by atoms with Crippen molar-refractivity contribution in [2.45, 2.75) is 39.3 Å². The highest BCUT2D eigenvalue weighted by molar-refractivity contribution is 5.95. The van der Waals surface area contributed by atoms with Crippen LogP contribution in [0, 0.1) is 5.82 Å². The van der Waals surface area contributed by atoms with E-state index in [4.69, 9.17) is 0 Å². The van der Waals surface area contributed by atoms with Crippen LogP contribution in [0.25, 0.3) is 0 Å². The van der Waals surface area contributed by atoms with Crippen molar-refractivity contribution in [1.29, 1.82) is 0 Å². The molecule has 0 atom stereocenters. The summed E-state index contributed by atoms with van der Waals surface area (Å²) in [7, 11) is 0. The standard InChI is InChI=1S/C16H19FN2O2/c1-2-9-18-11-12-19(16(18)21)10-3-4-15(20)13-5-7-14(17)8-6-13/h5-8,11-12H,2-4,9-10H2,1H3. The van der Waals surface area contributed by atoms with E-state index >= 15 is 0 Å².